The summed E-state index contributed by atoms with van der Waals surface area (Å²) in [4.78, 5) is 10.8. The lowest BCUT2D eigenvalue weighted by Crippen LogP contribution is -2.36. The summed E-state index contributed by atoms with van der Waals surface area (Å²) in [6, 6.07) is -0.964. The second-order valence-corrected chi connectivity index (χ2v) is 6.08. The molecule has 1 aliphatic heterocycles. The van der Waals surface area contributed by atoms with Crippen LogP contribution < -0.4 is 0 Å². The van der Waals surface area contributed by atoms with Crippen LogP contribution in [-0.2, 0) is 15.0 Å². The zero-order valence-corrected chi connectivity index (χ0v) is 9.86. The first-order valence-corrected chi connectivity index (χ1v) is 6.12. The van der Waals surface area contributed by atoms with Gasteiger partial charge >= 0.3 is 5.97 Å². The Labute approximate surface area is 89.7 Å². The van der Waals surface area contributed by atoms with Gasteiger partial charge in [0, 0.05) is 20.1 Å². The van der Waals surface area contributed by atoms with Crippen LogP contribution in [-0.4, -0.2) is 54.3 Å². The van der Waals surface area contributed by atoms with Crippen LogP contribution in [0.1, 0.15) is 13.8 Å². The van der Waals surface area contributed by atoms with Gasteiger partial charge in [-0.1, -0.05) is 13.8 Å². The van der Waals surface area contributed by atoms with Gasteiger partial charge in [-0.05, 0) is 5.92 Å². The smallest absolute Gasteiger partial charge is 0.323 e. The van der Waals surface area contributed by atoms with Gasteiger partial charge in [0.1, 0.15) is 6.04 Å². The van der Waals surface area contributed by atoms with Crippen LogP contribution in [0.5, 0.6) is 0 Å². The van der Waals surface area contributed by atoms with Crippen molar-refractivity contribution < 1.29 is 18.3 Å². The number of carboxylic acids is 1. The molecule has 1 unspecified atom stereocenters. The van der Waals surface area contributed by atoms with Crippen LogP contribution in [0.25, 0.3) is 0 Å². The predicted molar refractivity (Wildman–Crippen MR) is 54.5 cm³/mol. The molecule has 0 aromatic rings. The third-order valence-corrected chi connectivity index (χ3v) is 4.29. The summed E-state index contributed by atoms with van der Waals surface area (Å²) in [7, 11) is -2.27. The van der Waals surface area contributed by atoms with Crippen LogP contribution in [0.2, 0.25) is 0 Å². The Morgan fingerprint density at radius 2 is 2.07 bits per heavy atom. The van der Waals surface area contributed by atoms with Gasteiger partial charge < -0.3 is 5.11 Å². The van der Waals surface area contributed by atoms with Crippen molar-refractivity contribution in [2.75, 3.05) is 20.1 Å². The minimum Gasteiger partial charge on any atom is -0.480 e. The summed E-state index contributed by atoms with van der Waals surface area (Å²) in [5, 5.41) is 8.84. The van der Waals surface area contributed by atoms with E-state index in [1.807, 2.05) is 13.8 Å². The molecule has 6 nitrogen and oxygen atoms in total. The lowest BCUT2D eigenvalue weighted by Gasteiger charge is -2.17. The number of rotatable bonds is 3. The first-order valence-electron chi connectivity index (χ1n) is 4.72. The highest BCUT2D eigenvalue weighted by Gasteiger charge is 2.44. The number of nitrogens with zero attached hydrogens (tertiary/aromatic N) is 2. The molecule has 15 heavy (non-hydrogen) atoms. The lowest BCUT2D eigenvalue weighted by atomic mass is 10.2. The van der Waals surface area contributed by atoms with Gasteiger partial charge in [-0.2, -0.15) is 17.0 Å². The van der Waals surface area contributed by atoms with Crippen molar-refractivity contribution >= 4 is 16.2 Å². The van der Waals surface area contributed by atoms with E-state index in [1.165, 1.54) is 11.4 Å². The number of hydrogen-bond acceptors (Lipinski definition) is 3. The van der Waals surface area contributed by atoms with Crippen molar-refractivity contribution in [3.05, 3.63) is 0 Å². The Kier molecular flexibility index (Phi) is 3.37. The minimum atomic E-state index is -3.57. The molecule has 0 saturated carbocycles. The van der Waals surface area contributed by atoms with Crippen molar-refractivity contribution in [1.29, 1.82) is 0 Å². The molecule has 1 aliphatic rings. The van der Waals surface area contributed by atoms with Crippen molar-refractivity contribution in [1.82, 2.24) is 8.61 Å². The molecule has 88 valence electrons. The van der Waals surface area contributed by atoms with Crippen molar-refractivity contribution in [2.45, 2.75) is 19.9 Å². The summed E-state index contributed by atoms with van der Waals surface area (Å²) in [5.41, 5.74) is 0. The first kappa shape index (κ1) is 12.4. The summed E-state index contributed by atoms with van der Waals surface area (Å²) in [5.74, 6) is -0.923. The van der Waals surface area contributed by atoms with E-state index in [0.717, 1.165) is 4.31 Å². The molecule has 0 aliphatic carbocycles. The zero-order chi connectivity index (χ0) is 11.8. The normalized spacial score (nSPS) is 27.3. The summed E-state index contributed by atoms with van der Waals surface area (Å²) in [6.45, 7) is 4.18. The monoisotopic (exact) mass is 236 g/mol. The van der Waals surface area contributed by atoms with Crippen LogP contribution in [0.15, 0.2) is 0 Å². The van der Waals surface area contributed by atoms with E-state index < -0.39 is 22.2 Å². The third kappa shape index (κ3) is 2.30. The fraction of sp³-hybridized carbons (Fsp3) is 0.875. The van der Waals surface area contributed by atoms with Gasteiger partial charge in [-0.3, -0.25) is 4.79 Å². The van der Waals surface area contributed by atoms with Crippen molar-refractivity contribution in [3.63, 3.8) is 0 Å². The maximum Gasteiger partial charge on any atom is 0.323 e. The number of aliphatic carboxylic acids is 1. The highest BCUT2D eigenvalue weighted by Crippen LogP contribution is 2.21. The molecule has 1 atom stereocenters. The fourth-order valence-corrected chi connectivity index (χ4v) is 3.21. The van der Waals surface area contributed by atoms with Crippen molar-refractivity contribution in [2.24, 2.45) is 5.92 Å². The molecular weight excluding hydrogens is 220 g/mol. The largest absolute Gasteiger partial charge is 0.480 e. The van der Waals surface area contributed by atoms with Crippen LogP contribution in [0.3, 0.4) is 0 Å². The average Bonchev–Trinajstić information content (AvgIpc) is 2.28. The van der Waals surface area contributed by atoms with E-state index in [-0.39, 0.29) is 12.5 Å². The van der Waals surface area contributed by atoms with E-state index in [0.29, 0.717) is 6.54 Å². The number of carboxylic acid groups (broad SMARTS) is 1. The molecule has 0 spiro atoms. The molecule has 7 heteroatoms. The second-order valence-electron chi connectivity index (χ2n) is 4.09. The standard InChI is InChI=1S/C8H16N2O4S/c1-6(2)4-10-5-7(8(11)12)9(3)15(10,13)14/h6-7H,4-5H2,1-3H3,(H,11,12). The Bertz CT molecular complexity index is 352. The highest BCUT2D eigenvalue weighted by atomic mass is 32.2. The number of hydrogen-bond donors (Lipinski definition) is 1. The Balaban J connectivity index is 2.90. The molecule has 0 aromatic heterocycles. The molecule has 1 saturated heterocycles. The quantitative estimate of drug-likeness (QED) is 0.722. The highest BCUT2D eigenvalue weighted by molar-refractivity contribution is 7.87. The van der Waals surface area contributed by atoms with Crippen LogP contribution in [0, 0.1) is 5.92 Å². The molecule has 1 fully saturated rings. The van der Waals surface area contributed by atoms with Crippen LogP contribution >= 0.6 is 0 Å². The Hall–Kier alpha value is -0.660. The van der Waals surface area contributed by atoms with Gasteiger partial charge in [0.15, 0.2) is 0 Å². The van der Waals surface area contributed by atoms with Gasteiger partial charge in [-0.15, -0.1) is 0 Å². The van der Waals surface area contributed by atoms with E-state index in [1.54, 1.807) is 0 Å². The molecule has 1 rings (SSSR count). The lowest BCUT2D eigenvalue weighted by molar-refractivity contribution is -0.140. The van der Waals surface area contributed by atoms with Gasteiger partial charge in [0.25, 0.3) is 10.2 Å². The van der Waals surface area contributed by atoms with E-state index in [9.17, 15) is 13.2 Å². The number of carbonyl (C=O) groups is 1. The summed E-state index contributed by atoms with van der Waals surface area (Å²) >= 11 is 0. The Morgan fingerprint density at radius 1 is 1.53 bits per heavy atom. The average molecular weight is 236 g/mol. The SMILES string of the molecule is CC(C)CN1CC(C(=O)O)N(C)S1(=O)=O. The van der Waals surface area contributed by atoms with Crippen LogP contribution in [0.4, 0.5) is 0 Å². The van der Waals surface area contributed by atoms with E-state index in [4.69, 9.17) is 5.11 Å². The molecule has 0 amide bonds. The maximum absolute atomic E-state index is 11.7. The molecule has 0 radical (unpaired) electrons. The molecule has 0 bridgehead atoms. The summed E-state index contributed by atoms with van der Waals surface area (Å²) < 4.78 is 25.6. The summed E-state index contributed by atoms with van der Waals surface area (Å²) in [6.07, 6.45) is 0. The maximum atomic E-state index is 11.7. The zero-order valence-electron chi connectivity index (χ0n) is 9.04. The predicted octanol–water partition coefficient (Wildman–Crippen LogP) is -0.412. The minimum absolute atomic E-state index is 0.0341. The topological polar surface area (TPSA) is 77.9 Å². The number of likely N-dealkylation sites (N-methyl/N-ethyl adjacent to an activating group) is 1. The van der Waals surface area contributed by atoms with Gasteiger partial charge in [0.05, 0.1) is 0 Å². The van der Waals surface area contributed by atoms with E-state index >= 15 is 0 Å². The van der Waals surface area contributed by atoms with Gasteiger partial charge in [-0.25, -0.2) is 0 Å². The molecule has 1 heterocycles. The molecular formula is C8H16N2O4S. The third-order valence-electron chi connectivity index (χ3n) is 2.36. The van der Waals surface area contributed by atoms with Gasteiger partial charge in [0.2, 0.25) is 0 Å². The fourth-order valence-electron chi connectivity index (χ4n) is 1.55. The van der Waals surface area contributed by atoms with E-state index in [2.05, 4.69) is 0 Å². The Morgan fingerprint density at radius 3 is 2.40 bits per heavy atom. The molecule has 1 N–H and O–H groups in total. The second kappa shape index (κ2) is 4.07. The van der Waals surface area contributed by atoms with Crippen molar-refractivity contribution in [3.8, 4) is 0 Å². The molecule has 0 aromatic carbocycles. The first-order chi connectivity index (χ1) is 6.76.